The quantitative estimate of drug-likeness (QED) is 0.543. The summed E-state index contributed by atoms with van der Waals surface area (Å²) in [4.78, 5) is 47.2. The van der Waals surface area contributed by atoms with E-state index in [9.17, 15) is 28.7 Å². The topological polar surface area (TPSA) is 119 Å². The lowest BCUT2D eigenvalue weighted by molar-refractivity contribution is -0.162. The van der Waals surface area contributed by atoms with Crippen molar-refractivity contribution in [2.75, 3.05) is 14.2 Å². The van der Waals surface area contributed by atoms with Gasteiger partial charge in [-0.3, -0.25) is 14.4 Å². The lowest BCUT2D eigenvalue weighted by Crippen LogP contribution is -2.50. The zero-order valence-corrected chi connectivity index (χ0v) is 13.8. The standard InChI is InChI=1S/C16H18FNO7/c1-8(11(15(22)24-2)16(23)25-3)12(14(20)21)18-13(19)9-6-4-5-7-10(9)17/h4-8,11-12H,1-3H3,(H,18,19)(H,20,21)/t8-,12-/m0/s1. The molecule has 0 spiro atoms. The number of nitrogens with one attached hydrogen (secondary N) is 1. The van der Waals surface area contributed by atoms with Crippen LogP contribution in [0.1, 0.15) is 17.3 Å². The first-order valence-electron chi connectivity index (χ1n) is 7.18. The number of carbonyl (C=O) groups is 4. The Morgan fingerprint density at radius 2 is 1.60 bits per heavy atom. The lowest BCUT2D eigenvalue weighted by Gasteiger charge is -2.26. The van der Waals surface area contributed by atoms with Crippen molar-refractivity contribution in [1.29, 1.82) is 0 Å². The Kier molecular flexibility index (Phi) is 7.04. The normalized spacial score (nSPS) is 12.8. The number of carboxylic acids is 1. The van der Waals surface area contributed by atoms with Gasteiger partial charge in [-0.25, -0.2) is 9.18 Å². The molecule has 1 aromatic carbocycles. The Morgan fingerprint density at radius 3 is 2.04 bits per heavy atom. The van der Waals surface area contributed by atoms with Crippen LogP contribution in [0.3, 0.4) is 0 Å². The average Bonchev–Trinajstić information content (AvgIpc) is 2.58. The van der Waals surface area contributed by atoms with Crippen molar-refractivity contribution in [2.45, 2.75) is 13.0 Å². The molecular formula is C16H18FNO7. The number of esters is 2. The van der Waals surface area contributed by atoms with Crippen LogP contribution >= 0.6 is 0 Å². The van der Waals surface area contributed by atoms with Gasteiger partial charge in [0.2, 0.25) is 0 Å². The summed E-state index contributed by atoms with van der Waals surface area (Å²) in [6, 6.07) is 3.33. The fourth-order valence-corrected chi connectivity index (χ4v) is 2.25. The SMILES string of the molecule is COC(=O)C(C(=O)OC)[C@H](C)[C@H](NC(=O)c1ccccc1F)C(=O)O. The van der Waals surface area contributed by atoms with Gasteiger partial charge >= 0.3 is 17.9 Å². The van der Waals surface area contributed by atoms with Crippen LogP contribution in [0.15, 0.2) is 24.3 Å². The van der Waals surface area contributed by atoms with Crippen molar-refractivity contribution in [3.8, 4) is 0 Å². The fraction of sp³-hybridized carbons (Fsp3) is 0.375. The van der Waals surface area contributed by atoms with Gasteiger partial charge in [-0.05, 0) is 12.1 Å². The number of carbonyl (C=O) groups excluding carboxylic acids is 3. The molecule has 1 aromatic rings. The van der Waals surface area contributed by atoms with Crippen LogP contribution in [-0.2, 0) is 23.9 Å². The zero-order valence-electron chi connectivity index (χ0n) is 13.8. The van der Waals surface area contributed by atoms with Crippen LogP contribution in [0.2, 0.25) is 0 Å². The summed E-state index contributed by atoms with van der Waals surface area (Å²) in [6.07, 6.45) is 0. The molecule has 0 aromatic heterocycles. The van der Waals surface area contributed by atoms with Crippen LogP contribution in [0.25, 0.3) is 0 Å². The summed E-state index contributed by atoms with van der Waals surface area (Å²) >= 11 is 0. The molecule has 2 atom stereocenters. The maximum atomic E-state index is 13.7. The number of rotatable bonds is 7. The molecule has 0 unspecified atom stereocenters. The minimum Gasteiger partial charge on any atom is -0.480 e. The fourth-order valence-electron chi connectivity index (χ4n) is 2.25. The van der Waals surface area contributed by atoms with Gasteiger partial charge in [0, 0.05) is 5.92 Å². The van der Waals surface area contributed by atoms with E-state index in [1.807, 2.05) is 0 Å². The van der Waals surface area contributed by atoms with Crippen LogP contribution in [0, 0.1) is 17.7 Å². The van der Waals surface area contributed by atoms with E-state index < -0.39 is 47.5 Å². The summed E-state index contributed by atoms with van der Waals surface area (Å²) in [5, 5.41) is 11.5. The summed E-state index contributed by atoms with van der Waals surface area (Å²) in [7, 11) is 2.05. The molecule has 0 aliphatic rings. The number of benzene rings is 1. The third kappa shape index (κ3) is 4.75. The molecule has 0 fully saturated rings. The maximum absolute atomic E-state index is 13.7. The highest BCUT2D eigenvalue weighted by Crippen LogP contribution is 2.20. The van der Waals surface area contributed by atoms with E-state index in [2.05, 4.69) is 14.8 Å². The van der Waals surface area contributed by atoms with E-state index in [1.165, 1.54) is 25.1 Å². The van der Waals surface area contributed by atoms with Crippen molar-refractivity contribution < 1.29 is 38.1 Å². The largest absolute Gasteiger partial charge is 0.480 e. The van der Waals surface area contributed by atoms with Gasteiger partial charge in [-0.15, -0.1) is 0 Å². The van der Waals surface area contributed by atoms with Crippen molar-refractivity contribution in [3.05, 3.63) is 35.6 Å². The van der Waals surface area contributed by atoms with Gasteiger partial charge in [-0.2, -0.15) is 0 Å². The van der Waals surface area contributed by atoms with Gasteiger partial charge in [0.15, 0.2) is 5.92 Å². The molecule has 1 rings (SSSR count). The van der Waals surface area contributed by atoms with Crippen molar-refractivity contribution in [3.63, 3.8) is 0 Å². The summed E-state index contributed by atoms with van der Waals surface area (Å²) in [5.41, 5.74) is -0.367. The third-order valence-electron chi connectivity index (χ3n) is 3.63. The maximum Gasteiger partial charge on any atom is 0.326 e. The molecule has 0 bridgehead atoms. The number of ether oxygens (including phenoxy) is 2. The van der Waals surface area contributed by atoms with Crippen molar-refractivity contribution in [1.82, 2.24) is 5.32 Å². The molecular weight excluding hydrogens is 337 g/mol. The minimum absolute atomic E-state index is 0.367. The Hall–Kier alpha value is -2.97. The lowest BCUT2D eigenvalue weighted by atomic mass is 9.87. The van der Waals surface area contributed by atoms with Gasteiger partial charge < -0.3 is 19.9 Å². The van der Waals surface area contributed by atoms with Crippen LogP contribution in [-0.4, -0.2) is 49.2 Å². The molecule has 0 aliphatic carbocycles. The Labute approximate surface area is 142 Å². The molecule has 136 valence electrons. The second kappa shape index (κ2) is 8.76. The second-order valence-electron chi connectivity index (χ2n) is 5.15. The van der Waals surface area contributed by atoms with E-state index in [0.717, 1.165) is 20.3 Å². The van der Waals surface area contributed by atoms with E-state index in [-0.39, 0.29) is 5.56 Å². The van der Waals surface area contributed by atoms with E-state index in [4.69, 9.17) is 0 Å². The molecule has 2 N–H and O–H groups in total. The zero-order chi connectivity index (χ0) is 19.1. The summed E-state index contributed by atoms with van der Waals surface area (Å²) in [5.74, 6) is -8.14. The molecule has 0 radical (unpaired) electrons. The summed E-state index contributed by atoms with van der Waals surface area (Å²) in [6.45, 7) is 1.26. The Bertz CT molecular complexity index is 660. The predicted molar refractivity (Wildman–Crippen MR) is 82.0 cm³/mol. The van der Waals surface area contributed by atoms with Gasteiger partial charge in [-0.1, -0.05) is 19.1 Å². The molecule has 9 heteroatoms. The van der Waals surface area contributed by atoms with E-state index in [1.54, 1.807) is 0 Å². The van der Waals surface area contributed by atoms with Crippen LogP contribution in [0.4, 0.5) is 4.39 Å². The van der Waals surface area contributed by atoms with Crippen molar-refractivity contribution >= 4 is 23.8 Å². The monoisotopic (exact) mass is 355 g/mol. The molecule has 1 amide bonds. The number of hydrogen-bond donors (Lipinski definition) is 2. The van der Waals surface area contributed by atoms with Crippen LogP contribution in [0.5, 0.6) is 0 Å². The first-order valence-corrected chi connectivity index (χ1v) is 7.18. The van der Waals surface area contributed by atoms with Gasteiger partial charge in [0.1, 0.15) is 11.9 Å². The highest BCUT2D eigenvalue weighted by atomic mass is 19.1. The number of halogens is 1. The molecule has 8 nitrogen and oxygen atoms in total. The molecule has 0 aliphatic heterocycles. The molecule has 25 heavy (non-hydrogen) atoms. The average molecular weight is 355 g/mol. The van der Waals surface area contributed by atoms with E-state index in [0.29, 0.717) is 0 Å². The first-order chi connectivity index (χ1) is 11.7. The number of aliphatic carboxylic acids is 1. The predicted octanol–water partition coefficient (Wildman–Crippen LogP) is 0.607. The smallest absolute Gasteiger partial charge is 0.326 e. The Morgan fingerprint density at radius 1 is 1.08 bits per heavy atom. The summed E-state index contributed by atoms with van der Waals surface area (Å²) < 4.78 is 22.6. The molecule has 0 saturated carbocycles. The molecule has 0 saturated heterocycles. The van der Waals surface area contributed by atoms with Gasteiger partial charge in [0.05, 0.1) is 19.8 Å². The first kappa shape index (κ1) is 20.1. The third-order valence-corrected chi connectivity index (χ3v) is 3.63. The number of methoxy groups -OCH3 is 2. The van der Waals surface area contributed by atoms with E-state index >= 15 is 0 Å². The number of hydrogen-bond acceptors (Lipinski definition) is 6. The highest BCUT2D eigenvalue weighted by molar-refractivity contribution is 5.98. The highest BCUT2D eigenvalue weighted by Gasteiger charge is 2.42. The van der Waals surface area contributed by atoms with Gasteiger partial charge in [0.25, 0.3) is 5.91 Å². The minimum atomic E-state index is -1.66. The van der Waals surface area contributed by atoms with Crippen LogP contribution < -0.4 is 5.32 Å². The number of amides is 1. The van der Waals surface area contributed by atoms with Crippen molar-refractivity contribution in [2.24, 2.45) is 11.8 Å². The number of carboxylic acid groups (broad SMARTS) is 1. The Balaban J connectivity index is 3.11. The molecule has 0 heterocycles. The second-order valence-corrected chi connectivity index (χ2v) is 5.15.